The molecular weight excluding hydrogens is 198 g/mol. The van der Waals surface area contributed by atoms with Gasteiger partial charge < -0.3 is 10.1 Å². The van der Waals surface area contributed by atoms with Crippen molar-refractivity contribution in [2.45, 2.75) is 32.1 Å². The van der Waals surface area contributed by atoms with E-state index in [2.05, 4.69) is 5.32 Å². The summed E-state index contributed by atoms with van der Waals surface area (Å²) in [5.74, 6) is 1.55. The fraction of sp³-hybridized carbons (Fsp3) is 1.00. The number of rotatable bonds is 8. The first-order valence-corrected chi connectivity index (χ1v) is 6.31. The maximum absolute atomic E-state index is 5.49. The molecule has 0 aromatic heterocycles. The van der Waals surface area contributed by atoms with Gasteiger partial charge in [0.25, 0.3) is 0 Å². The van der Waals surface area contributed by atoms with Crippen LogP contribution in [-0.4, -0.2) is 32.2 Å². The third-order valence-electron chi connectivity index (χ3n) is 2.77. The number of hydrogen-bond donors (Lipinski definition) is 1. The van der Waals surface area contributed by atoms with E-state index in [4.69, 9.17) is 16.3 Å². The Morgan fingerprint density at radius 3 is 2.71 bits per heavy atom. The number of halogens is 1. The highest BCUT2D eigenvalue weighted by Gasteiger charge is 2.13. The number of hydrogen-bond acceptors (Lipinski definition) is 2. The zero-order valence-corrected chi connectivity index (χ0v) is 9.69. The summed E-state index contributed by atoms with van der Waals surface area (Å²) in [4.78, 5) is 0. The highest BCUT2D eigenvalue weighted by atomic mass is 35.5. The fourth-order valence-corrected chi connectivity index (χ4v) is 2.09. The quantitative estimate of drug-likeness (QED) is 0.500. The van der Waals surface area contributed by atoms with Crippen molar-refractivity contribution < 1.29 is 4.74 Å². The first-order valence-electron chi connectivity index (χ1n) is 5.78. The van der Waals surface area contributed by atoms with Gasteiger partial charge in [-0.15, -0.1) is 11.6 Å². The molecule has 1 rings (SSSR count). The summed E-state index contributed by atoms with van der Waals surface area (Å²) in [6, 6.07) is 0. The Morgan fingerprint density at radius 2 is 2.00 bits per heavy atom. The predicted octanol–water partition coefficient (Wildman–Crippen LogP) is 2.41. The predicted molar refractivity (Wildman–Crippen MR) is 61.0 cm³/mol. The van der Waals surface area contributed by atoms with Crippen LogP contribution in [0.4, 0.5) is 0 Å². The van der Waals surface area contributed by atoms with Crippen molar-refractivity contribution in [2.24, 2.45) is 5.92 Å². The van der Waals surface area contributed by atoms with Gasteiger partial charge in [-0.05, 0) is 38.3 Å². The Kier molecular flexibility index (Phi) is 7.47. The van der Waals surface area contributed by atoms with Crippen LogP contribution in [0, 0.1) is 5.92 Å². The molecule has 14 heavy (non-hydrogen) atoms. The second-order valence-corrected chi connectivity index (χ2v) is 4.39. The SMILES string of the molecule is ClCCOCCCNCC1CCCC1. The van der Waals surface area contributed by atoms with Crippen molar-refractivity contribution in [1.29, 1.82) is 0 Å². The van der Waals surface area contributed by atoms with E-state index >= 15 is 0 Å². The summed E-state index contributed by atoms with van der Waals surface area (Å²) < 4.78 is 5.28. The van der Waals surface area contributed by atoms with E-state index in [0.29, 0.717) is 12.5 Å². The lowest BCUT2D eigenvalue weighted by Crippen LogP contribution is -2.23. The van der Waals surface area contributed by atoms with Crippen LogP contribution in [-0.2, 0) is 4.74 Å². The first kappa shape index (κ1) is 12.3. The molecule has 1 saturated carbocycles. The Bertz CT molecular complexity index is 126. The van der Waals surface area contributed by atoms with Crippen molar-refractivity contribution >= 4 is 11.6 Å². The number of nitrogens with one attached hydrogen (secondary N) is 1. The van der Waals surface area contributed by atoms with Crippen LogP contribution in [0.25, 0.3) is 0 Å². The first-order chi connectivity index (χ1) is 6.93. The summed E-state index contributed by atoms with van der Waals surface area (Å²) in [5, 5.41) is 3.49. The van der Waals surface area contributed by atoms with Crippen molar-refractivity contribution in [3.8, 4) is 0 Å². The molecule has 0 aromatic rings. The second kappa shape index (κ2) is 8.51. The van der Waals surface area contributed by atoms with Crippen LogP contribution < -0.4 is 5.32 Å². The van der Waals surface area contributed by atoms with Crippen LogP contribution in [0.15, 0.2) is 0 Å². The minimum atomic E-state index is 0.607. The average molecular weight is 220 g/mol. The highest BCUT2D eigenvalue weighted by Crippen LogP contribution is 2.23. The van der Waals surface area contributed by atoms with Gasteiger partial charge in [0.1, 0.15) is 0 Å². The third kappa shape index (κ3) is 5.84. The smallest absolute Gasteiger partial charge is 0.0601 e. The third-order valence-corrected chi connectivity index (χ3v) is 2.93. The largest absolute Gasteiger partial charge is 0.380 e. The second-order valence-electron chi connectivity index (χ2n) is 4.01. The topological polar surface area (TPSA) is 21.3 Å². The Morgan fingerprint density at radius 1 is 1.21 bits per heavy atom. The van der Waals surface area contributed by atoms with Crippen molar-refractivity contribution in [3.05, 3.63) is 0 Å². The van der Waals surface area contributed by atoms with E-state index in [1.54, 1.807) is 0 Å². The molecule has 1 N–H and O–H groups in total. The maximum atomic E-state index is 5.49. The van der Waals surface area contributed by atoms with E-state index in [1.807, 2.05) is 0 Å². The van der Waals surface area contributed by atoms with Gasteiger partial charge in [0, 0.05) is 12.5 Å². The Hall–Kier alpha value is 0.210. The Balaban J connectivity index is 1.75. The molecule has 1 fully saturated rings. The molecule has 0 radical (unpaired) electrons. The number of ether oxygens (including phenoxy) is 1. The van der Waals surface area contributed by atoms with Gasteiger partial charge >= 0.3 is 0 Å². The molecule has 0 aromatic carbocycles. The van der Waals surface area contributed by atoms with Gasteiger partial charge in [-0.1, -0.05) is 12.8 Å². The molecule has 0 spiro atoms. The van der Waals surface area contributed by atoms with Crippen molar-refractivity contribution in [2.75, 3.05) is 32.2 Å². The average Bonchev–Trinajstić information content (AvgIpc) is 2.69. The van der Waals surface area contributed by atoms with Gasteiger partial charge in [0.05, 0.1) is 6.61 Å². The lowest BCUT2D eigenvalue weighted by molar-refractivity contribution is 0.146. The molecule has 0 amide bonds. The summed E-state index contributed by atoms with van der Waals surface area (Å²) in [6.07, 6.45) is 6.82. The molecule has 0 unspecified atom stereocenters. The van der Waals surface area contributed by atoms with Gasteiger partial charge in [-0.3, -0.25) is 0 Å². The lowest BCUT2D eigenvalue weighted by Gasteiger charge is -2.10. The molecule has 3 heteroatoms. The molecule has 1 aliphatic rings. The lowest BCUT2D eigenvalue weighted by atomic mass is 10.1. The van der Waals surface area contributed by atoms with E-state index in [1.165, 1.54) is 32.2 Å². The molecule has 0 aliphatic heterocycles. The maximum Gasteiger partial charge on any atom is 0.0601 e. The van der Waals surface area contributed by atoms with Gasteiger partial charge in [-0.2, -0.15) is 0 Å². The van der Waals surface area contributed by atoms with E-state index in [9.17, 15) is 0 Å². The molecule has 0 saturated heterocycles. The fourth-order valence-electron chi connectivity index (χ4n) is 1.98. The summed E-state index contributed by atoms with van der Waals surface area (Å²) in [5.41, 5.74) is 0. The molecule has 0 atom stereocenters. The molecule has 0 bridgehead atoms. The van der Waals surface area contributed by atoms with Gasteiger partial charge in [0.15, 0.2) is 0 Å². The van der Waals surface area contributed by atoms with Crippen LogP contribution in [0.1, 0.15) is 32.1 Å². The minimum absolute atomic E-state index is 0.607. The minimum Gasteiger partial charge on any atom is -0.380 e. The monoisotopic (exact) mass is 219 g/mol. The molecule has 0 heterocycles. The van der Waals surface area contributed by atoms with Crippen LogP contribution >= 0.6 is 11.6 Å². The van der Waals surface area contributed by atoms with Gasteiger partial charge in [-0.25, -0.2) is 0 Å². The van der Waals surface area contributed by atoms with Crippen LogP contribution in [0.3, 0.4) is 0 Å². The normalized spacial score (nSPS) is 17.8. The molecule has 2 nitrogen and oxygen atoms in total. The zero-order valence-electron chi connectivity index (χ0n) is 8.93. The van der Waals surface area contributed by atoms with Crippen molar-refractivity contribution in [3.63, 3.8) is 0 Å². The number of alkyl halides is 1. The van der Waals surface area contributed by atoms with Crippen LogP contribution in [0.5, 0.6) is 0 Å². The molecular formula is C11H22ClNO. The standard InChI is InChI=1S/C11H22ClNO/c12-6-9-14-8-3-7-13-10-11-4-1-2-5-11/h11,13H,1-10H2. The Labute approximate surface area is 92.3 Å². The zero-order chi connectivity index (χ0) is 10.1. The van der Waals surface area contributed by atoms with Crippen molar-refractivity contribution in [1.82, 2.24) is 5.32 Å². The van der Waals surface area contributed by atoms with E-state index in [0.717, 1.165) is 25.5 Å². The summed E-state index contributed by atoms with van der Waals surface area (Å²) >= 11 is 5.49. The summed E-state index contributed by atoms with van der Waals surface area (Å²) in [6.45, 7) is 3.81. The van der Waals surface area contributed by atoms with Gasteiger partial charge in [0.2, 0.25) is 0 Å². The highest BCUT2D eigenvalue weighted by molar-refractivity contribution is 6.17. The molecule has 1 aliphatic carbocycles. The molecule has 84 valence electrons. The van der Waals surface area contributed by atoms with E-state index < -0.39 is 0 Å². The van der Waals surface area contributed by atoms with E-state index in [-0.39, 0.29) is 0 Å². The van der Waals surface area contributed by atoms with Crippen LogP contribution in [0.2, 0.25) is 0 Å². The summed E-state index contributed by atoms with van der Waals surface area (Å²) in [7, 11) is 0.